The van der Waals surface area contributed by atoms with Crippen molar-refractivity contribution in [3.05, 3.63) is 10.6 Å². The molecule has 0 aromatic carbocycles. The predicted molar refractivity (Wildman–Crippen MR) is 83.5 cm³/mol. The summed E-state index contributed by atoms with van der Waals surface area (Å²) >= 11 is 1.70. The van der Waals surface area contributed by atoms with Gasteiger partial charge in [0.05, 0.1) is 17.2 Å². The van der Waals surface area contributed by atoms with Gasteiger partial charge in [0.2, 0.25) is 0 Å². The number of thiazole rings is 1. The van der Waals surface area contributed by atoms with Gasteiger partial charge in [0, 0.05) is 25.6 Å². The van der Waals surface area contributed by atoms with Gasteiger partial charge in [0.15, 0.2) is 5.13 Å². The Labute approximate surface area is 125 Å². The summed E-state index contributed by atoms with van der Waals surface area (Å²) in [5.74, 6) is 1.45. The highest BCUT2D eigenvalue weighted by atomic mass is 32.1. The van der Waals surface area contributed by atoms with E-state index in [0.717, 1.165) is 29.0 Å². The number of aliphatic hydroxyl groups is 1. The summed E-state index contributed by atoms with van der Waals surface area (Å²) in [4.78, 5) is 10.6. The first-order chi connectivity index (χ1) is 9.67. The number of anilines is 1. The molecule has 4 nitrogen and oxygen atoms in total. The summed E-state index contributed by atoms with van der Waals surface area (Å²) < 4.78 is 0. The molecule has 1 aliphatic heterocycles. The van der Waals surface area contributed by atoms with E-state index in [4.69, 9.17) is 4.98 Å². The zero-order valence-electron chi connectivity index (χ0n) is 12.5. The fourth-order valence-electron chi connectivity index (χ4n) is 3.10. The Morgan fingerprint density at radius 3 is 2.50 bits per heavy atom. The van der Waals surface area contributed by atoms with Crippen LogP contribution < -0.4 is 4.90 Å². The van der Waals surface area contributed by atoms with E-state index in [9.17, 15) is 5.11 Å². The van der Waals surface area contributed by atoms with Gasteiger partial charge in [-0.2, -0.15) is 0 Å². The van der Waals surface area contributed by atoms with E-state index < -0.39 is 0 Å². The summed E-state index contributed by atoms with van der Waals surface area (Å²) in [5, 5.41) is 10.6. The molecule has 0 amide bonds. The van der Waals surface area contributed by atoms with Crippen LogP contribution in [0.15, 0.2) is 0 Å². The molecule has 2 heterocycles. The number of hydrogen-bond donors (Lipinski definition) is 1. The van der Waals surface area contributed by atoms with Crippen molar-refractivity contribution in [2.75, 3.05) is 38.6 Å². The normalized spacial score (nSPS) is 20.9. The average molecular weight is 295 g/mol. The molecule has 2 aliphatic rings. The van der Waals surface area contributed by atoms with Gasteiger partial charge in [-0.05, 0) is 45.7 Å². The first kappa shape index (κ1) is 14.3. The summed E-state index contributed by atoms with van der Waals surface area (Å²) in [6, 6.07) is 0. The van der Waals surface area contributed by atoms with Crippen molar-refractivity contribution in [3.63, 3.8) is 0 Å². The molecule has 2 fully saturated rings. The zero-order valence-corrected chi connectivity index (χ0v) is 13.3. The van der Waals surface area contributed by atoms with Gasteiger partial charge < -0.3 is 14.9 Å². The van der Waals surface area contributed by atoms with E-state index in [1.807, 2.05) is 0 Å². The maximum absolute atomic E-state index is 9.49. The number of aliphatic hydroxyl groups excluding tert-OH is 1. The van der Waals surface area contributed by atoms with E-state index >= 15 is 0 Å². The van der Waals surface area contributed by atoms with Crippen molar-refractivity contribution in [1.82, 2.24) is 9.88 Å². The molecule has 1 aromatic heterocycles. The summed E-state index contributed by atoms with van der Waals surface area (Å²) in [5.41, 5.74) is 1.18. The molecule has 112 valence electrons. The molecule has 1 aliphatic carbocycles. The largest absolute Gasteiger partial charge is 0.391 e. The maximum Gasteiger partial charge on any atom is 0.185 e. The molecular formula is C15H25N3OS. The van der Waals surface area contributed by atoms with Crippen LogP contribution in [0.4, 0.5) is 5.13 Å². The van der Waals surface area contributed by atoms with Crippen molar-refractivity contribution in [3.8, 4) is 0 Å². The minimum absolute atomic E-state index is 0.153. The third-order valence-corrected chi connectivity index (χ3v) is 5.45. The third kappa shape index (κ3) is 3.15. The van der Waals surface area contributed by atoms with Crippen molar-refractivity contribution in [1.29, 1.82) is 0 Å². The van der Waals surface area contributed by atoms with Gasteiger partial charge in [-0.3, -0.25) is 0 Å². The van der Waals surface area contributed by atoms with E-state index in [-0.39, 0.29) is 6.61 Å². The van der Waals surface area contributed by atoms with Crippen molar-refractivity contribution in [2.45, 2.75) is 38.2 Å². The van der Waals surface area contributed by atoms with Crippen LogP contribution in [-0.4, -0.2) is 48.7 Å². The highest BCUT2D eigenvalue weighted by Crippen LogP contribution is 2.44. The van der Waals surface area contributed by atoms with Gasteiger partial charge >= 0.3 is 0 Å². The molecule has 5 heteroatoms. The van der Waals surface area contributed by atoms with Crippen LogP contribution in [0, 0.1) is 5.92 Å². The van der Waals surface area contributed by atoms with Crippen LogP contribution in [-0.2, 0) is 6.61 Å². The lowest BCUT2D eigenvalue weighted by Crippen LogP contribution is -2.37. The van der Waals surface area contributed by atoms with Crippen LogP contribution in [0.2, 0.25) is 0 Å². The Kier molecular flexibility index (Phi) is 4.29. The lowest BCUT2D eigenvalue weighted by atomic mass is 9.97. The first-order valence-electron chi connectivity index (χ1n) is 7.67. The smallest absolute Gasteiger partial charge is 0.185 e. The third-order valence-electron chi connectivity index (χ3n) is 4.33. The van der Waals surface area contributed by atoms with Gasteiger partial charge in [0.25, 0.3) is 0 Å². The monoisotopic (exact) mass is 295 g/mol. The Morgan fingerprint density at radius 1 is 1.25 bits per heavy atom. The highest BCUT2D eigenvalue weighted by Gasteiger charge is 2.31. The quantitative estimate of drug-likeness (QED) is 0.905. The van der Waals surface area contributed by atoms with Gasteiger partial charge in [0.1, 0.15) is 0 Å². The molecule has 1 aromatic rings. The van der Waals surface area contributed by atoms with Gasteiger partial charge in [-0.25, -0.2) is 4.98 Å². The Hall–Kier alpha value is -0.650. The number of piperidine rings is 1. The molecule has 0 bridgehead atoms. The Balaban J connectivity index is 1.63. The minimum Gasteiger partial charge on any atom is -0.391 e. The second-order valence-corrected chi connectivity index (χ2v) is 7.49. The SMILES string of the molecule is CN(C)CC1CCN(c2nc(C3CC3)c(CO)s2)CC1. The number of aromatic nitrogens is 1. The van der Waals surface area contributed by atoms with Crippen LogP contribution in [0.5, 0.6) is 0 Å². The van der Waals surface area contributed by atoms with Gasteiger partial charge in [-0.15, -0.1) is 0 Å². The van der Waals surface area contributed by atoms with Crippen LogP contribution in [0.25, 0.3) is 0 Å². The molecule has 0 spiro atoms. The zero-order chi connectivity index (χ0) is 14.1. The van der Waals surface area contributed by atoms with E-state index in [1.165, 1.54) is 37.9 Å². The van der Waals surface area contributed by atoms with Crippen molar-refractivity contribution < 1.29 is 5.11 Å². The average Bonchev–Trinajstić information content (AvgIpc) is 3.18. The Bertz CT molecular complexity index is 448. The molecule has 3 rings (SSSR count). The van der Waals surface area contributed by atoms with Crippen LogP contribution in [0.3, 0.4) is 0 Å². The van der Waals surface area contributed by atoms with Crippen LogP contribution in [0.1, 0.15) is 42.2 Å². The summed E-state index contributed by atoms with van der Waals surface area (Å²) in [6.45, 7) is 3.57. The molecule has 20 heavy (non-hydrogen) atoms. The Morgan fingerprint density at radius 2 is 1.95 bits per heavy atom. The second-order valence-electron chi connectivity index (χ2n) is 6.43. The maximum atomic E-state index is 9.49. The summed E-state index contributed by atoms with van der Waals surface area (Å²) in [6.07, 6.45) is 5.01. The lowest BCUT2D eigenvalue weighted by molar-refractivity contribution is 0.284. The molecule has 1 N–H and O–H groups in total. The topological polar surface area (TPSA) is 39.6 Å². The molecular weight excluding hydrogens is 270 g/mol. The molecule has 1 saturated heterocycles. The standard InChI is InChI=1S/C15H25N3OS/c1-17(2)9-11-5-7-18(8-6-11)15-16-14(12-3-4-12)13(10-19)20-15/h11-12,19H,3-10H2,1-2H3. The number of nitrogens with zero attached hydrogens (tertiary/aromatic N) is 3. The fourth-order valence-corrected chi connectivity index (χ4v) is 4.16. The molecule has 1 saturated carbocycles. The molecule has 0 radical (unpaired) electrons. The summed E-state index contributed by atoms with van der Waals surface area (Å²) in [7, 11) is 4.31. The van der Waals surface area contributed by atoms with Crippen molar-refractivity contribution >= 4 is 16.5 Å². The second kappa shape index (κ2) is 6.00. The van der Waals surface area contributed by atoms with E-state index in [0.29, 0.717) is 5.92 Å². The van der Waals surface area contributed by atoms with E-state index in [1.54, 1.807) is 11.3 Å². The molecule has 0 unspecified atom stereocenters. The van der Waals surface area contributed by atoms with Crippen molar-refractivity contribution in [2.24, 2.45) is 5.92 Å². The number of rotatable bonds is 5. The van der Waals surface area contributed by atoms with Gasteiger partial charge in [-0.1, -0.05) is 11.3 Å². The fraction of sp³-hybridized carbons (Fsp3) is 0.800. The van der Waals surface area contributed by atoms with E-state index in [2.05, 4.69) is 23.9 Å². The lowest BCUT2D eigenvalue weighted by Gasteiger charge is -2.33. The molecule has 0 atom stereocenters. The predicted octanol–water partition coefficient (Wildman–Crippen LogP) is 2.29. The number of hydrogen-bond acceptors (Lipinski definition) is 5. The highest BCUT2D eigenvalue weighted by molar-refractivity contribution is 7.15. The first-order valence-corrected chi connectivity index (χ1v) is 8.49. The van der Waals surface area contributed by atoms with Crippen LogP contribution >= 0.6 is 11.3 Å². The minimum atomic E-state index is 0.153.